The van der Waals surface area contributed by atoms with E-state index in [9.17, 15) is 4.79 Å². The largest absolute Gasteiger partial charge is 0.341 e. The molecule has 112 valence electrons. The number of aryl methyl sites for hydroxylation is 1. The molecule has 0 saturated heterocycles. The van der Waals surface area contributed by atoms with Gasteiger partial charge < -0.3 is 9.47 Å². The van der Waals surface area contributed by atoms with E-state index >= 15 is 0 Å². The smallest absolute Gasteiger partial charge is 0.224 e. The lowest BCUT2D eigenvalue weighted by molar-refractivity contribution is -0.130. The number of aromatic nitrogens is 4. The molecule has 6 nitrogen and oxygen atoms in total. The van der Waals surface area contributed by atoms with Gasteiger partial charge in [0.15, 0.2) is 0 Å². The molecular formula is C16H17N5O. The van der Waals surface area contributed by atoms with E-state index in [0.717, 1.165) is 16.3 Å². The lowest BCUT2D eigenvalue weighted by Crippen LogP contribution is -2.27. The molecule has 0 atom stereocenters. The second kappa shape index (κ2) is 6.34. The fraction of sp³-hybridized carbons (Fsp3) is 0.250. The minimum absolute atomic E-state index is 0.0970. The van der Waals surface area contributed by atoms with E-state index in [1.54, 1.807) is 28.3 Å². The van der Waals surface area contributed by atoms with Gasteiger partial charge in [0.2, 0.25) is 5.91 Å². The van der Waals surface area contributed by atoms with E-state index in [2.05, 4.69) is 15.2 Å². The number of pyridine rings is 1. The SMILES string of the molecule is CN(Cc1cccc2cnccc12)C(=O)CCn1cnnc1. The molecule has 0 radical (unpaired) electrons. The number of carbonyl (C=O) groups excluding carboxylic acids is 1. The van der Waals surface area contributed by atoms with E-state index in [4.69, 9.17) is 0 Å². The summed E-state index contributed by atoms with van der Waals surface area (Å²) in [4.78, 5) is 18.1. The number of rotatable bonds is 5. The molecule has 0 fully saturated rings. The van der Waals surface area contributed by atoms with Gasteiger partial charge in [-0.15, -0.1) is 10.2 Å². The molecule has 0 saturated carbocycles. The standard InChI is InChI=1S/C16H17N5O/c1-20(16(22)6-8-21-11-18-19-12-21)10-14-4-2-3-13-9-17-7-5-15(13)14/h2-5,7,9,11-12H,6,8,10H2,1H3. The van der Waals surface area contributed by atoms with Crippen molar-refractivity contribution < 1.29 is 4.79 Å². The monoisotopic (exact) mass is 295 g/mol. The number of nitrogens with zero attached hydrogens (tertiary/aromatic N) is 5. The Hall–Kier alpha value is -2.76. The molecule has 0 aliphatic carbocycles. The summed E-state index contributed by atoms with van der Waals surface area (Å²) in [5, 5.41) is 9.68. The van der Waals surface area contributed by atoms with E-state index in [1.165, 1.54) is 0 Å². The van der Waals surface area contributed by atoms with Crippen LogP contribution in [0.5, 0.6) is 0 Å². The number of carbonyl (C=O) groups is 1. The van der Waals surface area contributed by atoms with Crippen molar-refractivity contribution in [2.75, 3.05) is 7.05 Å². The Balaban J connectivity index is 1.67. The molecule has 3 aromatic rings. The van der Waals surface area contributed by atoms with Gasteiger partial charge in [0.05, 0.1) is 0 Å². The molecule has 2 heterocycles. The number of hydrogen-bond donors (Lipinski definition) is 0. The molecule has 1 aromatic carbocycles. The summed E-state index contributed by atoms with van der Waals surface area (Å²) in [7, 11) is 1.83. The van der Waals surface area contributed by atoms with Crippen LogP contribution in [0, 0.1) is 0 Å². The first-order chi connectivity index (χ1) is 10.7. The highest BCUT2D eigenvalue weighted by Gasteiger charge is 2.11. The van der Waals surface area contributed by atoms with Crippen LogP contribution in [0.1, 0.15) is 12.0 Å². The minimum Gasteiger partial charge on any atom is -0.341 e. The predicted molar refractivity (Wildman–Crippen MR) is 82.9 cm³/mol. The van der Waals surface area contributed by atoms with Gasteiger partial charge in [-0.3, -0.25) is 9.78 Å². The highest BCUT2D eigenvalue weighted by molar-refractivity contribution is 5.85. The number of fused-ring (bicyclic) bond motifs is 1. The zero-order valence-corrected chi connectivity index (χ0v) is 12.4. The minimum atomic E-state index is 0.0970. The predicted octanol–water partition coefficient (Wildman–Crippen LogP) is 1.87. The van der Waals surface area contributed by atoms with Crippen LogP contribution >= 0.6 is 0 Å². The fourth-order valence-electron chi connectivity index (χ4n) is 2.42. The molecule has 1 amide bonds. The van der Waals surface area contributed by atoms with E-state index in [-0.39, 0.29) is 5.91 Å². The molecule has 6 heteroatoms. The summed E-state index contributed by atoms with van der Waals surface area (Å²) in [5.74, 6) is 0.0970. The van der Waals surface area contributed by atoms with E-state index in [1.807, 2.05) is 37.5 Å². The summed E-state index contributed by atoms with van der Waals surface area (Å²) in [6, 6.07) is 8.06. The van der Waals surface area contributed by atoms with Crippen LogP contribution in [-0.4, -0.2) is 37.6 Å². The molecule has 0 bridgehead atoms. The summed E-state index contributed by atoms with van der Waals surface area (Å²) in [6.45, 7) is 1.18. The Bertz CT molecular complexity index is 764. The maximum Gasteiger partial charge on any atom is 0.224 e. The van der Waals surface area contributed by atoms with Crippen molar-refractivity contribution in [3.8, 4) is 0 Å². The number of hydrogen-bond acceptors (Lipinski definition) is 4. The number of benzene rings is 1. The van der Waals surface area contributed by atoms with Crippen LogP contribution in [0.4, 0.5) is 0 Å². The summed E-state index contributed by atoms with van der Waals surface area (Å²) >= 11 is 0. The molecule has 0 unspecified atom stereocenters. The van der Waals surface area contributed by atoms with Crippen LogP contribution in [0.3, 0.4) is 0 Å². The van der Waals surface area contributed by atoms with Crippen molar-refractivity contribution >= 4 is 16.7 Å². The van der Waals surface area contributed by atoms with Crippen LogP contribution in [0.15, 0.2) is 49.3 Å². The van der Waals surface area contributed by atoms with Crippen molar-refractivity contribution in [3.05, 3.63) is 54.9 Å². The Morgan fingerprint density at radius 2 is 2.05 bits per heavy atom. The van der Waals surface area contributed by atoms with Gasteiger partial charge in [-0.2, -0.15) is 0 Å². The maximum atomic E-state index is 12.2. The Labute approximate surface area is 128 Å². The maximum absolute atomic E-state index is 12.2. The summed E-state index contributed by atoms with van der Waals surface area (Å²) in [5.41, 5.74) is 1.13. The quantitative estimate of drug-likeness (QED) is 0.721. The second-order valence-electron chi connectivity index (χ2n) is 5.21. The highest BCUT2D eigenvalue weighted by Crippen LogP contribution is 2.18. The van der Waals surface area contributed by atoms with Gasteiger partial charge in [-0.1, -0.05) is 18.2 Å². The van der Waals surface area contributed by atoms with Crippen LogP contribution in [-0.2, 0) is 17.9 Å². The molecule has 0 aliphatic rings. The average Bonchev–Trinajstić information content (AvgIpc) is 3.06. The molecular weight excluding hydrogens is 278 g/mol. The Kier molecular flexibility index (Phi) is 4.09. The van der Waals surface area contributed by atoms with Crippen molar-refractivity contribution in [3.63, 3.8) is 0 Å². The van der Waals surface area contributed by atoms with Gasteiger partial charge in [0, 0.05) is 44.3 Å². The summed E-state index contributed by atoms with van der Waals surface area (Å²) in [6.07, 6.45) is 7.28. The van der Waals surface area contributed by atoms with Gasteiger partial charge in [0.1, 0.15) is 12.7 Å². The summed E-state index contributed by atoms with van der Waals surface area (Å²) < 4.78 is 1.80. The van der Waals surface area contributed by atoms with Crippen LogP contribution in [0.25, 0.3) is 10.8 Å². The van der Waals surface area contributed by atoms with Crippen molar-refractivity contribution in [1.29, 1.82) is 0 Å². The lowest BCUT2D eigenvalue weighted by atomic mass is 10.1. The third-order valence-electron chi connectivity index (χ3n) is 3.65. The first-order valence-electron chi connectivity index (χ1n) is 7.12. The zero-order valence-electron chi connectivity index (χ0n) is 12.4. The number of amides is 1. The van der Waals surface area contributed by atoms with Gasteiger partial charge in [-0.05, 0) is 17.0 Å². The zero-order chi connectivity index (χ0) is 15.4. The van der Waals surface area contributed by atoms with Crippen LogP contribution < -0.4 is 0 Å². The molecule has 3 rings (SSSR count). The molecule has 22 heavy (non-hydrogen) atoms. The van der Waals surface area contributed by atoms with Gasteiger partial charge >= 0.3 is 0 Å². The molecule has 0 spiro atoms. The second-order valence-corrected chi connectivity index (χ2v) is 5.21. The van der Waals surface area contributed by atoms with Gasteiger partial charge in [0.25, 0.3) is 0 Å². The Morgan fingerprint density at radius 3 is 2.86 bits per heavy atom. The fourth-order valence-corrected chi connectivity index (χ4v) is 2.42. The highest BCUT2D eigenvalue weighted by atomic mass is 16.2. The first kappa shape index (κ1) is 14.2. The third-order valence-corrected chi connectivity index (χ3v) is 3.65. The van der Waals surface area contributed by atoms with Crippen molar-refractivity contribution in [1.82, 2.24) is 24.6 Å². The molecule has 0 N–H and O–H groups in total. The van der Waals surface area contributed by atoms with Crippen LogP contribution in [0.2, 0.25) is 0 Å². The Morgan fingerprint density at radius 1 is 1.23 bits per heavy atom. The lowest BCUT2D eigenvalue weighted by Gasteiger charge is -2.18. The van der Waals surface area contributed by atoms with E-state index < -0.39 is 0 Å². The van der Waals surface area contributed by atoms with Crippen molar-refractivity contribution in [2.24, 2.45) is 0 Å². The third kappa shape index (κ3) is 3.11. The van der Waals surface area contributed by atoms with E-state index in [0.29, 0.717) is 19.5 Å². The normalized spacial score (nSPS) is 10.8. The molecule has 0 aliphatic heterocycles. The van der Waals surface area contributed by atoms with Gasteiger partial charge in [-0.25, -0.2) is 0 Å². The topological polar surface area (TPSA) is 63.9 Å². The van der Waals surface area contributed by atoms with Crippen molar-refractivity contribution in [2.45, 2.75) is 19.5 Å². The first-order valence-corrected chi connectivity index (χ1v) is 7.12. The molecule has 2 aromatic heterocycles. The average molecular weight is 295 g/mol.